The van der Waals surface area contributed by atoms with E-state index in [9.17, 15) is 9.59 Å². The fourth-order valence-electron chi connectivity index (χ4n) is 2.19. The van der Waals surface area contributed by atoms with Crippen LogP contribution in [-0.4, -0.2) is 12.2 Å². The Morgan fingerprint density at radius 2 is 1.33 bits per heavy atom. The Hall–Kier alpha value is -2.02. The van der Waals surface area contributed by atoms with Crippen LogP contribution in [0, 0.1) is 20.8 Å². The number of aliphatic imine (C=N–C) groups is 2. The van der Waals surface area contributed by atoms with Gasteiger partial charge in [-0.3, -0.25) is 0 Å². The van der Waals surface area contributed by atoms with Gasteiger partial charge in [0.2, 0.25) is 12.2 Å². The van der Waals surface area contributed by atoms with Gasteiger partial charge in [0.15, 0.2) is 0 Å². The van der Waals surface area contributed by atoms with Crippen LogP contribution >= 0.6 is 0 Å². The molecule has 0 bridgehead atoms. The molecule has 1 aromatic carbocycles. The number of isocyanates is 2. The molecule has 0 unspecified atom stereocenters. The van der Waals surface area contributed by atoms with E-state index < -0.39 is 0 Å². The standard InChI is InChI=1S/C14H16N2O2/c1-8(2)12-10(4)9(3)11(5)13(15-6-17)14(12)16-7-18/h8H,1-5H3. The zero-order valence-corrected chi connectivity index (χ0v) is 11.3. The van der Waals surface area contributed by atoms with Gasteiger partial charge in [0, 0.05) is 0 Å². The Bertz CT molecular complexity index is 576. The molecule has 1 aromatic rings. The van der Waals surface area contributed by atoms with Crippen LogP contribution in [0.2, 0.25) is 0 Å². The van der Waals surface area contributed by atoms with Crippen LogP contribution in [0.1, 0.15) is 42.0 Å². The van der Waals surface area contributed by atoms with Crippen molar-refractivity contribution in [3.8, 4) is 0 Å². The highest BCUT2D eigenvalue weighted by atomic mass is 16.1. The van der Waals surface area contributed by atoms with Crippen molar-refractivity contribution >= 4 is 23.5 Å². The maximum Gasteiger partial charge on any atom is 0.240 e. The molecule has 0 aliphatic carbocycles. The number of nitrogens with zero attached hydrogens (tertiary/aromatic N) is 2. The van der Waals surface area contributed by atoms with Crippen LogP contribution < -0.4 is 0 Å². The fraction of sp³-hybridized carbons (Fsp3) is 0.429. The molecule has 4 nitrogen and oxygen atoms in total. The lowest BCUT2D eigenvalue weighted by Crippen LogP contribution is -1.99. The van der Waals surface area contributed by atoms with Gasteiger partial charge < -0.3 is 0 Å². The highest BCUT2D eigenvalue weighted by molar-refractivity contribution is 5.78. The lowest BCUT2D eigenvalue weighted by atomic mass is 9.89. The number of benzene rings is 1. The summed E-state index contributed by atoms with van der Waals surface area (Å²) in [6.45, 7) is 9.82. The number of rotatable bonds is 3. The molecule has 18 heavy (non-hydrogen) atoms. The van der Waals surface area contributed by atoms with E-state index in [1.165, 1.54) is 12.2 Å². The summed E-state index contributed by atoms with van der Waals surface area (Å²) in [6, 6.07) is 0. The minimum absolute atomic E-state index is 0.178. The molecule has 0 aromatic heterocycles. The Labute approximate surface area is 106 Å². The maximum absolute atomic E-state index is 10.6. The van der Waals surface area contributed by atoms with Crippen LogP contribution in [0.3, 0.4) is 0 Å². The molecule has 0 fully saturated rings. The first-order valence-electron chi connectivity index (χ1n) is 5.75. The third-order valence-corrected chi connectivity index (χ3v) is 3.26. The molecule has 94 valence electrons. The summed E-state index contributed by atoms with van der Waals surface area (Å²) < 4.78 is 0. The summed E-state index contributed by atoms with van der Waals surface area (Å²) in [4.78, 5) is 28.5. The van der Waals surface area contributed by atoms with Crippen molar-refractivity contribution in [2.75, 3.05) is 0 Å². The van der Waals surface area contributed by atoms with Crippen molar-refractivity contribution in [3.63, 3.8) is 0 Å². The van der Waals surface area contributed by atoms with E-state index in [0.717, 1.165) is 22.3 Å². The molecule has 1 rings (SSSR count). The molecule has 0 aliphatic heterocycles. The van der Waals surface area contributed by atoms with Crippen molar-refractivity contribution in [1.82, 2.24) is 0 Å². The highest BCUT2D eigenvalue weighted by Gasteiger charge is 2.19. The summed E-state index contributed by atoms with van der Waals surface area (Å²) in [5.41, 5.74) is 4.74. The molecule has 0 heterocycles. The lowest BCUT2D eigenvalue weighted by Gasteiger charge is -2.18. The molecule has 4 heteroatoms. The second-order valence-electron chi connectivity index (χ2n) is 4.55. The van der Waals surface area contributed by atoms with Crippen molar-refractivity contribution in [2.45, 2.75) is 40.5 Å². The summed E-state index contributed by atoms with van der Waals surface area (Å²) >= 11 is 0. The number of hydrogen-bond acceptors (Lipinski definition) is 4. The quantitative estimate of drug-likeness (QED) is 0.601. The van der Waals surface area contributed by atoms with E-state index in [-0.39, 0.29) is 5.92 Å². The number of hydrogen-bond donors (Lipinski definition) is 0. The van der Waals surface area contributed by atoms with Crippen LogP contribution in [0.4, 0.5) is 11.4 Å². The van der Waals surface area contributed by atoms with Crippen LogP contribution in [0.5, 0.6) is 0 Å². The van der Waals surface area contributed by atoms with Gasteiger partial charge in [-0.15, -0.1) is 0 Å². The topological polar surface area (TPSA) is 58.9 Å². The number of carbonyl (C=O) groups excluding carboxylic acids is 2. The molecule has 0 atom stereocenters. The first kappa shape index (κ1) is 14.0. The van der Waals surface area contributed by atoms with Gasteiger partial charge in [0.25, 0.3) is 0 Å². The molecule has 0 saturated carbocycles. The van der Waals surface area contributed by atoms with E-state index in [1.807, 2.05) is 34.6 Å². The molecule has 0 radical (unpaired) electrons. The van der Waals surface area contributed by atoms with E-state index >= 15 is 0 Å². The zero-order chi connectivity index (χ0) is 13.9. The first-order chi connectivity index (χ1) is 8.45. The molecular formula is C14H16N2O2. The highest BCUT2D eigenvalue weighted by Crippen LogP contribution is 2.42. The Balaban J connectivity index is 3.91. The van der Waals surface area contributed by atoms with Crippen LogP contribution in [0.15, 0.2) is 9.98 Å². The monoisotopic (exact) mass is 244 g/mol. The third kappa shape index (κ3) is 2.30. The SMILES string of the molecule is Cc1c(C)c(N=C=O)c(N=C=O)c(C(C)C)c1C. The summed E-state index contributed by atoms with van der Waals surface area (Å²) in [7, 11) is 0. The average molecular weight is 244 g/mol. The third-order valence-electron chi connectivity index (χ3n) is 3.26. The molecule has 0 aliphatic rings. The normalized spacial score (nSPS) is 9.89. The van der Waals surface area contributed by atoms with Crippen molar-refractivity contribution < 1.29 is 9.59 Å². The van der Waals surface area contributed by atoms with Gasteiger partial charge >= 0.3 is 0 Å². The summed E-state index contributed by atoms with van der Waals surface area (Å²) in [5, 5.41) is 0. The predicted octanol–water partition coefficient (Wildman–Crippen LogP) is 3.67. The minimum atomic E-state index is 0.178. The molecule has 0 saturated heterocycles. The lowest BCUT2D eigenvalue weighted by molar-refractivity contribution is 0.564. The fourth-order valence-corrected chi connectivity index (χ4v) is 2.19. The van der Waals surface area contributed by atoms with Crippen LogP contribution in [0.25, 0.3) is 0 Å². The second kappa shape index (κ2) is 5.54. The van der Waals surface area contributed by atoms with Gasteiger partial charge in [-0.25, -0.2) is 9.59 Å². The minimum Gasteiger partial charge on any atom is -0.211 e. The van der Waals surface area contributed by atoms with Gasteiger partial charge in [0.1, 0.15) is 11.4 Å². The molecule has 0 amide bonds. The van der Waals surface area contributed by atoms with Gasteiger partial charge in [0.05, 0.1) is 0 Å². The summed E-state index contributed by atoms with van der Waals surface area (Å²) in [6.07, 6.45) is 3.06. The van der Waals surface area contributed by atoms with E-state index in [1.54, 1.807) is 0 Å². The predicted molar refractivity (Wildman–Crippen MR) is 70.3 cm³/mol. The Morgan fingerprint density at radius 1 is 0.833 bits per heavy atom. The largest absolute Gasteiger partial charge is 0.240 e. The van der Waals surface area contributed by atoms with E-state index in [0.29, 0.717) is 11.4 Å². The second-order valence-corrected chi connectivity index (χ2v) is 4.55. The molecule has 0 N–H and O–H groups in total. The summed E-state index contributed by atoms with van der Waals surface area (Å²) in [5.74, 6) is 0.178. The zero-order valence-electron chi connectivity index (χ0n) is 11.3. The van der Waals surface area contributed by atoms with E-state index in [4.69, 9.17) is 0 Å². The Morgan fingerprint density at radius 3 is 1.78 bits per heavy atom. The van der Waals surface area contributed by atoms with Crippen molar-refractivity contribution in [3.05, 3.63) is 22.3 Å². The van der Waals surface area contributed by atoms with E-state index in [2.05, 4.69) is 9.98 Å². The van der Waals surface area contributed by atoms with Crippen molar-refractivity contribution in [1.29, 1.82) is 0 Å². The maximum atomic E-state index is 10.6. The first-order valence-corrected chi connectivity index (χ1v) is 5.75. The smallest absolute Gasteiger partial charge is 0.211 e. The van der Waals surface area contributed by atoms with Crippen molar-refractivity contribution in [2.24, 2.45) is 9.98 Å². The molecule has 0 spiro atoms. The molecular weight excluding hydrogens is 228 g/mol. The average Bonchev–Trinajstić information content (AvgIpc) is 2.31. The van der Waals surface area contributed by atoms with Gasteiger partial charge in [-0.1, -0.05) is 13.8 Å². The van der Waals surface area contributed by atoms with Gasteiger partial charge in [-0.2, -0.15) is 9.98 Å². The Kier molecular flexibility index (Phi) is 4.33. The van der Waals surface area contributed by atoms with Crippen LogP contribution in [-0.2, 0) is 9.59 Å². The van der Waals surface area contributed by atoms with Gasteiger partial charge in [-0.05, 0) is 48.9 Å².